The van der Waals surface area contributed by atoms with Crippen LogP contribution in [0, 0.1) is 0 Å². The predicted molar refractivity (Wildman–Crippen MR) is 80.9 cm³/mol. The van der Waals surface area contributed by atoms with Crippen LogP contribution in [0.5, 0.6) is 11.5 Å². The van der Waals surface area contributed by atoms with E-state index in [1.54, 1.807) is 12.1 Å². The minimum Gasteiger partial charge on any atom is -0.504 e. The van der Waals surface area contributed by atoms with Gasteiger partial charge in [-0.15, -0.1) is 0 Å². The van der Waals surface area contributed by atoms with Crippen LogP contribution in [0.15, 0.2) is 48.5 Å². The van der Waals surface area contributed by atoms with E-state index in [-0.39, 0.29) is 16.9 Å². The van der Waals surface area contributed by atoms with Crippen LogP contribution >= 0.6 is 0 Å². The third-order valence-electron chi connectivity index (χ3n) is 3.54. The van der Waals surface area contributed by atoms with Gasteiger partial charge in [0.15, 0.2) is 11.5 Å². The van der Waals surface area contributed by atoms with Crippen LogP contribution in [0.1, 0.15) is 25.0 Å². The minimum atomic E-state index is -0.0772. The first-order valence-electron chi connectivity index (χ1n) is 6.77. The molecule has 2 aromatic rings. The molecule has 2 aromatic carbocycles. The Morgan fingerprint density at radius 1 is 0.950 bits per heavy atom. The number of aromatic hydroxyl groups is 2. The van der Waals surface area contributed by atoms with Gasteiger partial charge in [-0.3, -0.25) is 0 Å². The summed E-state index contributed by atoms with van der Waals surface area (Å²) in [7, 11) is 0. The topological polar surface area (TPSA) is 52.5 Å². The van der Waals surface area contributed by atoms with E-state index in [1.807, 2.05) is 18.2 Å². The molecule has 3 N–H and O–H groups in total. The Morgan fingerprint density at radius 2 is 1.65 bits per heavy atom. The lowest BCUT2D eigenvalue weighted by molar-refractivity contribution is 0.395. The zero-order chi connectivity index (χ0) is 14.6. The van der Waals surface area contributed by atoms with Crippen molar-refractivity contribution in [3.8, 4) is 11.5 Å². The minimum absolute atomic E-state index is 0.00764. The number of hydrogen-bond acceptors (Lipinski definition) is 3. The van der Waals surface area contributed by atoms with Gasteiger partial charge < -0.3 is 15.5 Å². The van der Waals surface area contributed by atoms with Crippen molar-refractivity contribution in [3.05, 3.63) is 59.7 Å². The lowest BCUT2D eigenvalue weighted by Crippen LogP contribution is -2.32. The molecule has 0 saturated carbocycles. The Balaban J connectivity index is 1.97. The number of nitrogens with one attached hydrogen (secondary N) is 1. The fourth-order valence-electron chi connectivity index (χ4n) is 2.22. The van der Waals surface area contributed by atoms with Crippen LogP contribution in [-0.4, -0.2) is 16.8 Å². The maximum atomic E-state index is 9.75. The normalized spacial score (nSPS) is 11.5. The van der Waals surface area contributed by atoms with Gasteiger partial charge in [0.05, 0.1) is 0 Å². The average Bonchev–Trinajstić information content (AvgIpc) is 2.44. The van der Waals surface area contributed by atoms with Crippen molar-refractivity contribution in [1.82, 2.24) is 5.32 Å². The van der Waals surface area contributed by atoms with Gasteiger partial charge in [-0.1, -0.05) is 56.3 Å². The second-order valence-electron chi connectivity index (χ2n) is 5.64. The second-order valence-corrected chi connectivity index (χ2v) is 5.64. The monoisotopic (exact) mass is 271 g/mol. The second kappa shape index (κ2) is 5.97. The van der Waals surface area contributed by atoms with Gasteiger partial charge in [-0.05, 0) is 11.6 Å². The largest absolute Gasteiger partial charge is 0.504 e. The highest BCUT2D eigenvalue weighted by atomic mass is 16.3. The molecule has 20 heavy (non-hydrogen) atoms. The summed E-state index contributed by atoms with van der Waals surface area (Å²) in [6.45, 7) is 5.66. The Bertz CT molecular complexity index is 564. The highest BCUT2D eigenvalue weighted by Crippen LogP contribution is 2.28. The highest BCUT2D eigenvalue weighted by Gasteiger charge is 2.19. The maximum absolute atomic E-state index is 9.75. The molecular formula is C17H21NO2. The van der Waals surface area contributed by atoms with Crippen LogP contribution in [0.2, 0.25) is 0 Å². The van der Waals surface area contributed by atoms with Gasteiger partial charge >= 0.3 is 0 Å². The summed E-state index contributed by atoms with van der Waals surface area (Å²) in [4.78, 5) is 0. The van der Waals surface area contributed by atoms with Gasteiger partial charge in [0, 0.05) is 24.1 Å². The van der Waals surface area contributed by atoms with Crippen LogP contribution < -0.4 is 5.32 Å². The lowest BCUT2D eigenvalue weighted by Gasteiger charge is -2.26. The van der Waals surface area contributed by atoms with Crippen molar-refractivity contribution in [2.75, 3.05) is 6.54 Å². The number of hydrogen-bond donors (Lipinski definition) is 3. The molecule has 0 radical (unpaired) electrons. The molecule has 0 saturated heterocycles. The summed E-state index contributed by atoms with van der Waals surface area (Å²) in [5.74, 6) is -0.121. The zero-order valence-corrected chi connectivity index (χ0v) is 11.9. The van der Waals surface area contributed by atoms with Crippen molar-refractivity contribution in [2.24, 2.45) is 0 Å². The summed E-state index contributed by atoms with van der Waals surface area (Å²) >= 11 is 0. The lowest BCUT2D eigenvalue weighted by atomic mass is 9.84. The van der Waals surface area contributed by atoms with Gasteiger partial charge in [0.1, 0.15) is 0 Å². The van der Waals surface area contributed by atoms with E-state index in [0.717, 1.165) is 6.54 Å². The van der Waals surface area contributed by atoms with E-state index >= 15 is 0 Å². The van der Waals surface area contributed by atoms with Crippen molar-refractivity contribution in [1.29, 1.82) is 0 Å². The van der Waals surface area contributed by atoms with Gasteiger partial charge in [0.2, 0.25) is 0 Å². The highest BCUT2D eigenvalue weighted by molar-refractivity contribution is 5.44. The van der Waals surface area contributed by atoms with Gasteiger partial charge in [0.25, 0.3) is 0 Å². The molecule has 0 atom stereocenters. The fourth-order valence-corrected chi connectivity index (χ4v) is 2.22. The summed E-state index contributed by atoms with van der Waals surface area (Å²) < 4.78 is 0. The first-order valence-corrected chi connectivity index (χ1v) is 6.77. The fraction of sp³-hybridized carbons (Fsp3) is 0.294. The predicted octanol–water partition coefficient (Wildman–Crippen LogP) is 3.17. The average molecular weight is 271 g/mol. The maximum Gasteiger partial charge on any atom is 0.161 e. The first kappa shape index (κ1) is 14.4. The smallest absolute Gasteiger partial charge is 0.161 e. The van der Waals surface area contributed by atoms with Crippen molar-refractivity contribution in [3.63, 3.8) is 0 Å². The standard InChI is InChI=1S/C17H21NO2/c1-17(2,14-8-4-3-5-9-14)12-18-11-13-7-6-10-15(19)16(13)20/h3-10,18-20H,11-12H2,1-2H3. The zero-order valence-electron chi connectivity index (χ0n) is 11.9. The quantitative estimate of drug-likeness (QED) is 0.732. The SMILES string of the molecule is CC(C)(CNCc1cccc(O)c1O)c1ccccc1. The molecule has 3 heteroatoms. The molecule has 0 aliphatic rings. The number of phenols is 2. The molecule has 0 fully saturated rings. The van der Waals surface area contributed by atoms with E-state index in [0.29, 0.717) is 12.1 Å². The molecule has 0 unspecified atom stereocenters. The van der Waals surface area contributed by atoms with Crippen molar-refractivity contribution in [2.45, 2.75) is 25.8 Å². The Morgan fingerprint density at radius 3 is 2.35 bits per heavy atom. The van der Waals surface area contributed by atoms with E-state index < -0.39 is 0 Å². The van der Waals surface area contributed by atoms with Gasteiger partial charge in [-0.25, -0.2) is 0 Å². The molecule has 0 aliphatic carbocycles. The Hall–Kier alpha value is -2.00. The molecule has 2 rings (SSSR count). The van der Waals surface area contributed by atoms with Crippen LogP contribution in [-0.2, 0) is 12.0 Å². The summed E-state index contributed by atoms with van der Waals surface area (Å²) in [6, 6.07) is 15.3. The third kappa shape index (κ3) is 3.31. The van der Waals surface area contributed by atoms with Crippen molar-refractivity contribution >= 4 is 0 Å². The molecule has 0 aromatic heterocycles. The number of para-hydroxylation sites is 1. The van der Waals surface area contributed by atoms with E-state index in [2.05, 4.69) is 31.3 Å². The van der Waals surface area contributed by atoms with Crippen LogP contribution in [0.25, 0.3) is 0 Å². The number of phenolic OH excluding ortho intramolecular Hbond substituents is 2. The van der Waals surface area contributed by atoms with Gasteiger partial charge in [-0.2, -0.15) is 0 Å². The molecule has 0 amide bonds. The van der Waals surface area contributed by atoms with E-state index in [1.165, 1.54) is 11.6 Å². The molecule has 0 heterocycles. The van der Waals surface area contributed by atoms with Crippen molar-refractivity contribution < 1.29 is 10.2 Å². The van der Waals surface area contributed by atoms with Crippen LogP contribution in [0.4, 0.5) is 0 Å². The van der Waals surface area contributed by atoms with Crippen LogP contribution in [0.3, 0.4) is 0 Å². The Labute approximate surface area is 119 Å². The van der Waals surface area contributed by atoms with E-state index in [4.69, 9.17) is 0 Å². The molecule has 0 spiro atoms. The molecule has 3 nitrogen and oxygen atoms in total. The summed E-state index contributed by atoms with van der Waals surface area (Å²) in [6.07, 6.45) is 0. The van der Waals surface area contributed by atoms with E-state index in [9.17, 15) is 10.2 Å². The summed E-state index contributed by atoms with van der Waals surface area (Å²) in [5.41, 5.74) is 1.98. The number of benzene rings is 2. The third-order valence-corrected chi connectivity index (χ3v) is 3.54. The molecule has 0 bridgehead atoms. The summed E-state index contributed by atoms with van der Waals surface area (Å²) in [5, 5.41) is 22.6. The molecule has 0 aliphatic heterocycles. The molecular weight excluding hydrogens is 250 g/mol. The molecule has 106 valence electrons. The Kier molecular flexibility index (Phi) is 4.30. The number of rotatable bonds is 5. The first-order chi connectivity index (χ1) is 9.50.